The van der Waals surface area contributed by atoms with Gasteiger partial charge >= 0.3 is 5.91 Å². The van der Waals surface area contributed by atoms with E-state index < -0.39 is 27.9 Å². The van der Waals surface area contributed by atoms with Gasteiger partial charge in [0.2, 0.25) is 10.0 Å². The van der Waals surface area contributed by atoms with Crippen LogP contribution in [0.3, 0.4) is 0 Å². The number of nitrogens with one attached hydrogen (secondary N) is 3. The fourth-order valence-corrected chi connectivity index (χ4v) is 3.39. The number of benzene rings is 1. The third-order valence-electron chi connectivity index (χ3n) is 3.80. The average molecular weight is 393 g/mol. The van der Waals surface area contributed by atoms with Gasteiger partial charge in [-0.1, -0.05) is 32.9 Å². The van der Waals surface area contributed by atoms with E-state index in [-0.39, 0.29) is 16.1 Å². The lowest BCUT2D eigenvalue weighted by molar-refractivity contribution is -0.123. The summed E-state index contributed by atoms with van der Waals surface area (Å²) >= 11 is 0. The number of hydrogen-bond acceptors (Lipinski definition) is 5. The predicted molar refractivity (Wildman–Crippen MR) is 99.2 cm³/mol. The number of hydrazine groups is 1. The monoisotopic (exact) mass is 393 g/mol. The molecule has 3 N–H and O–H groups in total. The van der Waals surface area contributed by atoms with Gasteiger partial charge in [-0.25, -0.2) is 8.42 Å². The Morgan fingerprint density at radius 1 is 1.04 bits per heavy atom. The van der Waals surface area contributed by atoms with Gasteiger partial charge in [0.05, 0.1) is 17.2 Å². The van der Waals surface area contributed by atoms with Crippen molar-refractivity contribution in [2.45, 2.75) is 44.0 Å². The van der Waals surface area contributed by atoms with Crippen molar-refractivity contribution in [1.29, 1.82) is 0 Å². The number of hydrogen-bond donors (Lipinski definition) is 3. The molecule has 0 aliphatic rings. The lowest BCUT2D eigenvalue weighted by Crippen LogP contribution is -2.50. The average Bonchev–Trinajstić information content (AvgIpc) is 3.13. The summed E-state index contributed by atoms with van der Waals surface area (Å²) in [5, 5.41) is 0. The molecule has 0 unspecified atom stereocenters. The molecule has 1 aromatic carbocycles. The molecule has 2 rings (SSSR count). The Hall–Kier alpha value is -2.65. The summed E-state index contributed by atoms with van der Waals surface area (Å²) in [6.07, 6.45) is 1.32. The zero-order chi connectivity index (χ0) is 20.2. The number of sulfonamides is 1. The minimum Gasteiger partial charge on any atom is -0.459 e. The van der Waals surface area contributed by atoms with Crippen LogP contribution in [0.15, 0.2) is 52.0 Å². The van der Waals surface area contributed by atoms with Gasteiger partial charge in [0.15, 0.2) is 5.76 Å². The van der Waals surface area contributed by atoms with Crippen LogP contribution in [0.4, 0.5) is 0 Å². The molecule has 0 saturated carbocycles. The number of carbonyl (C=O) groups is 2. The molecule has 27 heavy (non-hydrogen) atoms. The number of amides is 2. The van der Waals surface area contributed by atoms with Gasteiger partial charge in [-0.05, 0) is 42.2 Å². The van der Waals surface area contributed by atoms with Crippen molar-refractivity contribution >= 4 is 21.8 Å². The Morgan fingerprint density at radius 2 is 1.67 bits per heavy atom. The topological polar surface area (TPSA) is 118 Å². The van der Waals surface area contributed by atoms with E-state index in [1.165, 1.54) is 37.5 Å². The summed E-state index contributed by atoms with van der Waals surface area (Å²) in [7, 11) is -3.89. The molecule has 1 heterocycles. The van der Waals surface area contributed by atoms with Gasteiger partial charge in [-0.2, -0.15) is 4.72 Å². The van der Waals surface area contributed by atoms with Crippen molar-refractivity contribution in [3.63, 3.8) is 0 Å². The van der Waals surface area contributed by atoms with Crippen LogP contribution in [0.5, 0.6) is 0 Å². The third-order valence-corrected chi connectivity index (χ3v) is 5.36. The second-order valence-electron chi connectivity index (χ2n) is 7.04. The standard InChI is InChI=1S/C18H23N3O5S/c1-12(16(22)19-20-17(23)15-6-5-11-26-15)21-27(24,25)14-9-7-13(8-10-14)18(2,3)4/h5-12,21H,1-4H3,(H,19,22)(H,20,23)/t12-/m0/s1. The van der Waals surface area contributed by atoms with Crippen LogP contribution in [-0.4, -0.2) is 26.3 Å². The van der Waals surface area contributed by atoms with Gasteiger partial charge in [-0.15, -0.1) is 0 Å². The SMILES string of the molecule is C[C@H](NS(=O)(=O)c1ccc(C(C)(C)C)cc1)C(=O)NNC(=O)c1ccco1. The molecule has 9 heteroatoms. The first-order valence-electron chi connectivity index (χ1n) is 8.27. The molecule has 8 nitrogen and oxygen atoms in total. The first kappa shape index (κ1) is 20.7. The van der Waals surface area contributed by atoms with Crippen LogP contribution in [0, 0.1) is 0 Å². The predicted octanol–water partition coefficient (Wildman–Crippen LogP) is 1.71. The molecular formula is C18H23N3O5S. The Labute approximate surface area is 158 Å². The molecule has 146 valence electrons. The summed E-state index contributed by atoms with van der Waals surface area (Å²) in [6, 6.07) is 8.31. The van der Waals surface area contributed by atoms with Crippen LogP contribution < -0.4 is 15.6 Å². The summed E-state index contributed by atoms with van der Waals surface area (Å²) in [5.41, 5.74) is 5.19. The van der Waals surface area contributed by atoms with Crippen LogP contribution in [-0.2, 0) is 20.2 Å². The van der Waals surface area contributed by atoms with E-state index >= 15 is 0 Å². The fraction of sp³-hybridized carbons (Fsp3) is 0.333. The molecule has 0 spiro atoms. The van der Waals surface area contributed by atoms with Crippen molar-refractivity contribution in [3.05, 3.63) is 54.0 Å². The molecule has 0 saturated heterocycles. The minimum atomic E-state index is -3.89. The van der Waals surface area contributed by atoms with Crippen molar-refractivity contribution in [2.75, 3.05) is 0 Å². The Morgan fingerprint density at radius 3 is 2.19 bits per heavy atom. The first-order valence-corrected chi connectivity index (χ1v) is 9.75. The van der Waals surface area contributed by atoms with Crippen molar-refractivity contribution < 1.29 is 22.4 Å². The normalized spacial score (nSPS) is 13.0. The van der Waals surface area contributed by atoms with Gasteiger partial charge in [-0.3, -0.25) is 20.4 Å². The van der Waals surface area contributed by atoms with Gasteiger partial charge < -0.3 is 4.42 Å². The third kappa shape index (κ3) is 5.41. The fourth-order valence-electron chi connectivity index (χ4n) is 2.18. The molecule has 1 aromatic heterocycles. The van der Waals surface area contributed by atoms with Gasteiger partial charge in [0.1, 0.15) is 0 Å². The summed E-state index contributed by atoms with van der Waals surface area (Å²) in [4.78, 5) is 23.8. The molecule has 1 atom stereocenters. The number of carbonyl (C=O) groups excluding carboxylic acids is 2. The Bertz CT molecular complexity index is 897. The molecule has 2 amide bonds. The maximum Gasteiger partial charge on any atom is 0.305 e. The van der Waals surface area contributed by atoms with Crippen molar-refractivity contribution in [1.82, 2.24) is 15.6 Å². The van der Waals surface area contributed by atoms with Crippen molar-refractivity contribution in [2.24, 2.45) is 0 Å². The summed E-state index contributed by atoms with van der Waals surface area (Å²) in [5.74, 6) is -1.35. The van der Waals surface area contributed by atoms with E-state index in [0.717, 1.165) is 5.56 Å². The minimum absolute atomic E-state index is 0.0162. The molecular weight excluding hydrogens is 370 g/mol. The summed E-state index contributed by atoms with van der Waals surface area (Å²) in [6.45, 7) is 7.45. The highest BCUT2D eigenvalue weighted by Gasteiger charge is 2.23. The molecule has 0 bridgehead atoms. The first-order chi connectivity index (χ1) is 12.5. The van der Waals surface area contributed by atoms with E-state index in [4.69, 9.17) is 4.42 Å². The largest absolute Gasteiger partial charge is 0.459 e. The zero-order valence-corrected chi connectivity index (χ0v) is 16.4. The molecule has 0 aliphatic carbocycles. The van der Waals surface area contributed by atoms with Crippen LogP contribution in [0.25, 0.3) is 0 Å². The second-order valence-corrected chi connectivity index (χ2v) is 8.75. The quantitative estimate of drug-likeness (QED) is 0.669. The summed E-state index contributed by atoms with van der Waals surface area (Å²) < 4.78 is 32.0. The molecule has 2 aromatic rings. The molecule has 0 fully saturated rings. The second kappa shape index (κ2) is 7.93. The highest BCUT2D eigenvalue weighted by molar-refractivity contribution is 7.89. The van der Waals surface area contributed by atoms with Gasteiger partial charge in [0.25, 0.3) is 5.91 Å². The maximum atomic E-state index is 12.4. The molecule has 0 radical (unpaired) electrons. The number of rotatable bonds is 5. The smallest absolute Gasteiger partial charge is 0.305 e. The van der Waals surface area contributed by atoms with E-state index in [1.54, 1.807) is 12.1 Å². The zero-order valence-electron chi connectivity index (χ0n) is 15.6. The lowest BCUT2D eigenvalue weighted by atomic mass is 9.87. The van der Waals surface area contributed by atoms with E-state index in [2.05, 4.69) is 15.6 Å². The highest BCUT2D eigenvalue weighted by Crippen LogP contribution is 2.23. The molecule has 0 aliphatic heterocycles. The van der Waals surface area contributed by atoms with Crippen LogP contribution in [0.2, 0.25) is 0 Å². The Balaban J connectivity index is 1.97. The van der Waals surface area contributed by atoms with Crippen LogP contribution in [0.1, 0.15) is 43.8 Å². The van der Waals surface area contributed by atoms with E-state index in [9.17, 15) is 18.0 Å². The maximum absolute atomic E-state index is 12.4. The van der Waals surface area contributed by atoms with E-state index in [0.29, 0.717) is 0 Å². The highest BCUT2D eigenvalue weighted by atomic mass is 32.2. The van der Waals surface area contributed by atoms with Crippen molar-refractivity contribution in [3.8, 4) is 0 Å². The number of furan rings is 1. The van der Waals surface area contributed by atoms with E-state index in [1.807, 2.05) is 20.8 Å². The van der Waals surface area contributed by atoms with Gasteiger partial charge in [0, 0.05) is 0 Å². The Kier molecular flexibility index (Phi) is 6.07. The van der Waals surface area contributed by atoms with Crippen LogP contribution >= 0.6 is 0 Å². The lowest BCUT2D eigenvalue weighted by Gasteiger charge is -2.19.